The highest BCUT2D eigenvalue weighted by Gasteiger charge is 2.39. The number of hydroxylamine groups is 2. The van der Waals surface area contributed by atoms with Crippen molar-refractivity contribution in [2.75, 3.05) is 6.54 Å². The van der Waals surface area contributed by atoms with E-state index in [1.54, 1.807) is 0 Å². The van der Waals surface area contributed by atoms with Gasteiger partial charge in [0.15, 0.2) is 0 Å². The highest BCUT2D eigenvalue weighted by atomic mass is 16.5. The molecule has 1 aliphatic rings. The third-order valence-corrected chi connectivity index (χ3v) is 3.09. The second-order valence-electron chi connectivity index (χ2n) is 4.43. The molecule has 1 saturated carbocycles. The summed E-state index contributed by atoms with van der Waals surface area (Å²) < 4.78 is 0. The second kappa shape index (κ2) is 4.14. The zero-order valence-electron chi connectivity index (χ0n) is 9.26. The molecule has 4 heteroatoms. The number of benzene rings is 1. The number of primary amides is 1. The standard InChI is InChI=1S/C12H16N2O2/c1-8-2-4-9(5-3-8)11-6-10(11)7-14(16)12(13)15/h2-5,10-11,16H,6-7H2,1H3,(H2,13,15). The summed E-state index contributed by atoms with van der Waals surface area (Å²) in [7, 11) is 0. The molecule has 0 aliphatic heterocycles. The minimum Gasteiger partial charge on any atom is -0.350 e. The molecule has 1 aromatic carbocycles. The molecule has 0 aromatic heterocycles. The molecule has 2 amide bonds. The van der Waals surface area contributed by atoms with Crippen molar-refractivity contribution < 1.29 is 10.0 Å². The van der Waals surface area contributed by atoms with Gasteiger partial charge in [0.25, 0.3) is 0 Å². The number of hydrogen-bond donors (Lipinski definition) is 2. The minimum absolute atomic E-state index is 0.327. The maximum Gasteiger partial charge on any atom is 0.338 e. The summed E-state index contributed by atoms with van der Waals surface area (Å²) in [5.74, 6) is 0.787. The first-order chi connectivity index (χ1) is 7.58. The Morgan fingerprint density at radius 1 is 1.50 bits per heavy atom. The predicted octanol–water partition coefficient (Wildman–Crippen LogP) is 1.87. The van der Waals surface area contributed by atoms with Crippen LogP contribution in [0.3, 0.4) is 0 Å². The summed E-state index contributed by atoms with van der Waals surface area (Å²) in [6.45, 7) is 2.38. The zero-order valence-corrected chi connectivity index (χ0v) is 9.26. The van der Waals surface area contributed by atoms with Crippen LogP contribution in [0.25, 0.3) is 0 Å². The first-order valence-electron chi connectivity index (χ1n) is 5.40. The van der Waals surface area contributed by atoms with Crippen LogP contribution >= 0.6 is 0 Å². The van der Waals surface area contributed by atoms with Gasteiger partial charge in [-0.2, -0.15) is 0 Å². The number of hydrogen-bond acceptors (Lipinski definition) is 2. The summed E-state index contributed by atoms with van der Waals surface area (Å²) in [6, 6.07) is 7.58. The molecule has 3 N–H and O–H groups in total. The Labute approximate surface area is 94.6 Å². The fourth-order valence-electron chi connectivity index (χ4n) is 1.98. The Bertz CT molecular complexity index is 389. The van der Waals surface area contributed by atoms with Crippen LogP contribution in [0, 0.1) is 12.8 Å². The topological polar surface area (TPSA) is 66.6 Å². The lowest BCUT2D eigenvalue weighted by atomic mass is 10.1. The van der Waals surface area contributed by atoms with Gasteiger partial charge in [-0.3, -0.25) is 5.21 Å². The normalized spacial score (nSPS) is 22.9. The molecule has 0 bridgehead atoms. The predicted molar refractivity (Wildman–Crippen MR) is 60.1 cm³/mol. The van der Waals surface area contributed by atoms with E-state index in [1.807, 2.05) is 0 Å². The largest absolute Gasteiger partial charge is 0.350 e. The third-order valence-electron chi connectivity index (χ3n) is 3.09. The van der Waals surface area contributed by atoms with Crippen LogP contribution in [0.4, 0.5) is 4.79 Å². The van der Waals surface area contributed by atoms with E-state index < -0.39 is 6.03 Å². The first kappa shape index (κ1) is 11.0. The Morgan fingerprint density at radius 3 is 2.69 bits per heavy atom. The average Bonchev–Trinajstić information content (AvgIpc) is 2.98. The summed E-state index contributed by atoms with van der Waals surface area (Å²) in [5, 5.41) is 9.80. The van der Waals surface area contributed by atoms with E-state index in [0.717, 1.165) is 6.42 Å². The van der Waals surface area contributed by atoms with Crippen LogP contribution in [0.15, 0.2) is 24.3 Å². The Balaban J connectivity index is 1.91. The van der Waals surface area contributed by atoms with Crippen LogP contribution in [0.2, 0.25) is 0 Å². The molecule has 86 valence electrons. The van der Waals surface area contributed by atoms with E-state index in [9.17, 15) is 10.0 Å². The van der Waals surface area contributed by atoms with Crippen molar-refractivity contribution in [2.45, 2.75) is 19.3 Å². The van der Waals surface area contributed by atoms with Crippen molar-refractivity contribution in [1.29, 1.82) is 0 Å². The fraction of sp³-hybridized carbons (Fsp3) is 0.417. The van der Waals surface area contributed by atoms with Crippen LogP contribution < -0.4 is 5.73 Å². The molecular weight excluding hydrogens is 204 g/mol. The highest BCUT2D eigenvalue weighted by Crippen LogP contribution is 2.47. The van der Waals surface area contributed by atoms with Crippen molar-refractivity contribution in [3.63, 3.8) is 0 Å². The lowest BCUT2D eigenvalue weighted by Gasteiger charge is -2.11. The van der Waals surface area contributed by atoms with Crippen LogP contribution in [-0.2, 0) is 0 Å². The van der Waals surface area contributed by atoms with Gasteiger partial charge >= 0.3 is 6.03 Å². The van der Waals surface area contributed by atoms with Crippen molar-refractivity contribution in [1.82, 2.24) is 5.06 Å². The van der Waals surface area contributed by atoms with Gasteiger partial charge < -0.3 is 5.73 Å². The zero-order chi connectivity index (χ0) is 11.7. The number of nitrogens with two attached hydrogens (primary N) is 1. The Hall–Kier alpha value is -1.55. The van der Waals surface area contributed by atoms with Gasteiger partial charge in [0.1, 0.15) is 0 Å². The molecule has 1 aromatic rings. The van der Waals surface area contributed by atoms with Crippen LogP contribution in [0.5, 0.6) is 0 Å². The SMILES string of the molecule is Cc1ccc(C2CC2CN(O)C(N)=O)cc1. The highest BCUT2D eigenvalue weighted by molar-refractivity contribution is 5.70. The number of carbonyl (C=O) groups is 1. The second-order valence-corrected chi connectivity index (χ2v) is 4.43. The van der Waals surface area contributed by atoms with Gasteiger partial charge in [0.2, 0.25) is 0 Å². The summed E-state index contributed by atoms with van der Waals surface area (Å²) in [6.07, 6.45) is 1.01. The number of carbonyl (C=O) groups excluding carboxylic acids is 1. The van der Waals surface area contributed by atoms with Gasteiger partial charge in [-0.05, 0) is 30.7 Å². The van der Waals surface area contributed by atoms with Crippen LogP contribution in [-0.4, -0.2) is 22.8 Å². The van der Waals surface area contributed by atoms with Crippen molar-refractivity contribution >= 4 is 6.03 Å². The number of nitrogens with zero attached hydrogens (tertiary/aromatic N) is 1. The molecule has 1 aliphatic carbocycles. The quantitative estimate of drug-likeness (QED) is 0.603. The van der Waals surface area contributed by atoms with E-state index in [0.29, 0.717) is 23.4 Å². The van der Waals surface area contributed by atoms with E-state index in [-0.39, 0.29) is 0 Å². The van der Waals surface area contributed by atoms with Gasteiger partial charge in [0.05, 0.1) is 6.54 Å². The molecule has 2 unspecified atom stereocenters. The smallest absolute Gasteiger partial charge is 0.338 e. The molecule has 16 heavy (non-hydrogen) atoms. The Kier molecular flexibility index (Phi) is 2.83. The minimum atomic E-state index is -0.783. The monoisotopic (exact) mass is 220 g/mol. The average molecular weight is 220 g/mol. The number of rotatable bonds is 3. The molecular formula is C12H16N2O2. The van der Waals surface area contributed by atoms with Gasteiger partial charge in [-0.15, -0.1) is 0 Å². The molecule has 2 atom stereocenters. The van der Waals surface area contributed by atoms with Crippen molar-refractivity contribution in [2.24, 2.45) is 11.7 Å². The van der Waals surface area contributed by atoms with E-state index >= 15 is 0 Å². The van der Waals surface area contributed by atoms with Gasteiger partial charge in [-0.25, -0.2) is 9.86 Å². The number of amides is 2. The van der Waals surface area contributed by atoms with Gasteiger partial charge in [-0.1, -0.05) is 29.8 Å². The molecule has 0 heterocycles. The fourth-order valence-corrected chi connectivity index (χ4v) is 1.98. The molecule has 0 spiro atoms. The number of urea groups is 1. The summed E-state index contributed by atoms with van der Waals surface area (Å²) >= 11 is 0. The third kappa shape index (κ3) is 2.33. The maximum atomic E-state index is 10.6. The Morgan fingerprint density at radius 2 is 2.12 bits per heavy atom. The molecule has 1 fully saturated rings. The van der Waals surface area contributed by atoms with Crippen LogP contribution in [0.1, 0.15) is 23.5 Å². The summed E-state index contributed by atoms with van der Waals surface area (Å²) in [4.78, 5) is 10.6. The van der Waals surface area contributed by atoms with Gasteiger partial charge in [0, 0.05) is 0 Å². The molecule has 2 rings (SSSR count). The van der Waals surface area contributed by atoms with Crippen molar-refractivity contribution in [3.8, 4) is 0 Å². The molecule has 0 saturated heterocycles. The molecule has 0 radical (unpaired) electrons. The van der Waals surface area contributed by atoms with E-state index in [2.05, 4.69) is 31.2 Å². The molecule has 4 nitrogen and oxygen atoms in total. The van der Waals surface area contributed by atoms with E-state index in [1.165, 1.54) is 11.1 Å². The van der Waals surface area contributed by atoms with Crippen molar-refractivity contribution in [3.05, 3.63) is 35.4 Å². The first-order valence-corrected chi connectivity index (χ1v) is 5.40. The maximum absolute atomic E-state index is 10.6. The lowest BCUT2D eigenvalue weighted by molar-refractivity contribution is -0.0431. The van der Waals surface area contributed by atoms with E-state index in [4.69, 9.17) is 5.73 Å². The number of aryl methyl sites for hydroxylation is 1. The summed E-state index contributed by atoms with van der Waals surface area (Å²) in [5.41, 5.74) is 7.46. The lowest BCUT2D eigenvalue weighted by Crippen LogP contribution is -2.34.